The predicted octanol–water partition coefficient (Wildman–Crippen LogP) is 3.05. The molecule has 3 rings (SSSR count). The van der Waals surface area contributed by atoms with Gasteiger partial charge in [-0.2, -0.15) is 5.10 Å². The predicted molar refractivity (Wildman–Crippen MR) is 65.9 cm³/mol. The van der Waals surface area contributed by atoms with Crippen LogP contribution >= 0.6 is 11.8 Å². The van der Waals surface area contributed by atoms with Gasteiger partial charge in [0, 0.05) is 28.4 Å². The largest absolute Gasteiger partial charge is 0.380 e. The Bertz CT molecular complexity index is 519. The highest BCUT2D eigenvalue weighted by Crippen LogP contribution is 2.38. The maximum Gasteiger partial charge on any atom is 0.128 e. The van der Waals surface area contributed by atoms with E-state index < -0.39 is 0 Å². The normalized spacial score (nSPS) is 13.6. The molecule has 0 spiro atoms. The van der Waals surface area contributed by atoms with Crippen LogP contribution in [0.3, 0.4) is 0 Å². The first-order valence-corrected chi connectivity index (χ1v) is 6.27. The fraction of sp³-hybridized carbons (Fsp3) is 0.250. The van der Waals surface area contributed by atoms with E-state index in [0.29, 0.717) is 0 Å². The molecule has 4 heteroatoms. The van der Waals surface area contributed by atoms with Crippen molar-refractivity contribution in [3.63, 3.8) is 0 Å². The van der Waals surface area contributed by atoms with Crippen LogP contribution in [0.5, 0.6) is 0 Å². The number of aromatic nitrogens is 2. The molecule has 0 aliphatic carbocycles. The third-order valence-corrected chi connectivity index (χ3v) is 3.92. The molecule has 3 nitrogen and oxygen atoms in total. The average Bonchev–Trinajstić information content (AvgIpc) is 2.61. The van der Waals surface area contributed by atoms with Crippen LogP contribution in [0.2, 0.25) is 0 Å². The summed E-state index contributed by atoms with van der Waals surface area (Å²) in [6.07, 6.45) is 1.00. The Kier molecular flexibility index (Phi) is 2.36. The van der Waals surface area contributed by atoms with Crippen LogP contribution < -0.4 is 5.32 Å². The number of benzene rings is 1. The zero-order valence-corrected chi connectivity index (χ0v) is 9.90. The number of para-hydroxylation sites is 1. The molecule has 2 N–H and O–H groups in total. The van der Waals surface area contributed by atoms with Crippen LogP contribution in [-0.2, 0) is 13.0 Å². The Morgan fingerprint density at radius 1 is 1.38 bits per heavy atom. The van der Waals surface area contributed by atoms with Gasteiger partial charge >= 0.3 is 0 Å². The second kappa shape index (κ2) is 3.87. The standard InChI is InChI=1S/C12H13N3S/c1-2-9-8-7-13-10-5-3-4-6-11(10)16-12(8)15-14-9/h3-6,13H,2,7H2,1H3,(H,14,15). The molecule has 2 heterocycles. The average molecular weight is 231 g/mol. The van der Waals surface area contributed by atoms with Gasteiger partial charge in [-0.25, -0.2) is 0 Å². The monoisotopic (exact) mass is 231 g/mol. The number of anilines is 1. The lowest BCUT2D eigenvalue weighted by atomic mass is 10.2. The fourth-order valence-electron chi connectivity index (χ4n) is 1.93. The SMILES string of the molecule is CCc1[nH]nc2c1CNc1ccccc1S2. The quantitative estimate of drug-likeness (QED) is 0.792. The number of aryl methyl sites for hydroxylation is 1. The number of fused-ring (bicyclic) bond motifs is 2. The van der Waals surface area contributed by atoms with Crippen molar-refractivity contribution in [3.05, 3.63) is 35.5 Å². The maximum atomic E-state index is 4.38. The highest BCUT2D eigenvalue weighted by molar-refractivity contribution is 7.99. The van der Waals surface area contributed by atoms with Crippen molar-refractivity contribution in [1.82, 2.24) is 10.2 Å². The lowest BCUT2D eigenvalue weighted by molar-refractivity contribution is 0.942. The van der Waals surface area contributed by atoms with Crippen LogP contribution in [0, 0.1) is 0 Å². The minimum atomic E-state index is 0.860. The van der Waals surface area contributed by atoms with Gasteiger partial charge in [0.15, 0.2) is 0 Å². The van der Waals surface area contributed by atoms with Gasteiger partial charge in [0.1, 0.15) is 5.03 Å². The van der Waals surface area contributed by atoms with E-state index in [-0.39, 0.29) is 0 Å². The summed E-state index contributed by atoms with van der Waals surface area (Å²) in [6, 6.07) is 8.36. The maximum absolute atomic E-state index is 4.38. The van der Waals surface area contributed by atoms with Gasteiger partial charge in [0.2, 0.25) is 0 Å². The first-order valence-electron chi connectivity index (χ1n) is 5.45. The summed E-state index contributed by atoms with van der Waals surface area (Å²) in [7, 11) is 0. The molecule has 0 fully saturated rings. The second-order valence-electron chi connectivity index (χ2n) is 3.79. The summed E-state index contributed by atoms with van der Waals surface area (Å²) in [4.78, 5) is 1.25. The van der Waals surface area contributed by atoms with Crippen molar-refractivity contribution < 1.29 is 0 Å². The van der Waals surface area contributed by atoms with Crippen LogP contribution in [0.25, 0.3) is 0 Å². The molecule has 82 valence electrons. The molecule has 0 bridgehead atoms. The molecule has 1 aliphatic heterocycles. The lowest BCUT2D eigenvalue weighted by Gasteiger charge is -2.05. The van der Waals surface area contributed by atoms with Crippen molar-refractivity contribution in [1.29, 1.82) is 0 Å². The molecule has 1 aromatic heterocycles. The molecule has 0 unspecified atom stereocenters. The van der Waals surface area contributed by atoms with Crippen molar-refractivity contribution in [3.8, 4) is 0 Å². The number of nitrogens with one attached hydrogen (secondary N) is 2. The van der Waals surface area contributed by atoms with E-state index in [1.165, 1.54) is 21.8 Å². The van der Waals surface area contributed by atoms with Gasteiger partial charge in [-0.3, -0.25) is 5.10 Å². The summed E-state index contributed by atoms with van der Waals surface area (Å²) < 4.78 is 0. The highest BCUT2D eigenvalue weighted by atomic mass is 32.2. The third kappa shape index (κ3) is 1.50. The minimum Gasteiger partial charge on any atom is -0.380 e. The van der Waals surface area contributed by atoms with Gasteiger partial charge in [0.05, 0.1) is 0 Å². The Labute approximate surface area is 98.6 Å². The van der Waals surface area contributed by atoms with Gasteiger partial charge < -0.3 is 5.32 Å². The van der Waals surface area contributed by atoms with Crippen LogP contribution in [0.1, 0.15) is 18.2 Å². The van der Waals surface area contributed by atoms with Crippen molar-refractivity contribution >= 4 is 17.4 Å². The molecule has 1 aliphatic rings. The van der Waals surface area contributed by atoms with Crippen LogP contribution in [-0.4, -0.2) is 10.2 Å². The van der Waals surface area contributed by atoms with E-state index in [1.807, 2.05) is 0 Å². The molecule has 1 aromatic carbocycles. The van der Waals surface area contributed by atoms with E-state index in [9.17, 15) is 0 Å². The third-order valence-electron chi connectivity index (χ3n) is 2.82. The van der Waals surface area contributed by atoms with Crippen molar-refractivity contribution in [2.45, 2.75) is 29.8 Å². The first kappa shape index (κ1) is 9.78. The molecule has 0 saturated carbocycles. The molecule has 0 amide bonds. The van der Waals surface area contributed by atoms with Crippen molar-refractivity contribution in [2.24, 2.45) is 0 Å². The van der Waals surface area contributed by atoms with Gasteiger partial charge in [-0.05, 0) is 18.6 Å². The summed E-state index contributed by atoms with van der Waals surface area (Å²) in [5, 5.41) is 12.1. The molecule has 16 heavy (non-hydrogen) atoms. The van der Waals surface area contributed by atoms with E-state index >= 15 is 0 Å². The minimum absolute atomic E-state index is 0.860. The summed E-state index contributed by atoms with van der Waals surface area (Å²) in [5.74, 6) is 0. The van der Waals surface area contributed by atoms with E-state index in [0.717, 1.165) is 18.0 Å². The first-order chi connectivity index (χ1) is 7.88. The molecular formula is C12H13N3S. The van der Waals surface area contributed by atoms with E-state index in [2.05, 4.69) is 46.7 Å². The molecule has 0 atom stereocenters. The zero-order chi connectivity index (χ0) is 11.0. The summed E-state index contributed by atoms with van der Waals surface area (Å²) in [5.41, 5.74) is 3.75. The summed E-state index contributed by atoms with van der Waals surface area (Å²) >= 11 is 1.73. The topological polar surface area (TPSA) is 40.7 Å². The smallest absolute Gasteiger partial charge is 0.128 e. The van der Waals surface area contributed by atoms with Crippen LogP contribution in [0.15, 0.2) is 34.2 Å². The fourth-order valence-corrected chi connectivity index (χ4v) is 2.95. The second-order valence-corrected chi connectivity index (χ2v) is 4.82. The molecular weight excluding hydrogens is 218 g/mol. The zero-order valence-electron chi connectivity index (χ0n) is 9.08. The molecule has 0 radical (unpaired) electrons. The van der Waals surface area contributed by atoms with E-state index in [4.69, 9.17) is 0 Å². The Hall–Kier alpha value is -1.42. The Morgan fingerprint density at radius 3 is 3.12 bits per heavy atom. The van der Waals surface area contributed by atoms with Crippen LogP contribution in [0.4, 0.5) is 5.69 Å². The van der Waals surface area contributed by atoms with Crippen molar-refractivity contribution in [2.75, 3.05) is 5.32 Å². The number of aromatic amines is 1. The Morgan fingerprint density at radius 2 is 2.25 bits per heavy atom. The number of nitrogens with zero attached hydrogens (tertiary/aromatic N) is 1. The highest BCUT2D eigenvalue weighted by Gasteiger charge is 2.18. The van der Waals surface area contributed by atoms with Gasteiger partial charge in [-0.15, -0.1) is 0 Å². The number of H-pyrrole nitrogens is 1. The number of hydrogen-bond donors (Lipinski definition) is 2. The van der Waals surface area contributed by atoms with Gasteiger partial charge in [-0.1, -0.05) is 30.8 Å². The number of hydrogen-bond acceptors (Lipinski definition) is 3. The number of rotatable bonds is 1. The van der Waals surface area contributed by atoms with E-state index in [1.54, 1.807) is 11.8 Å². The Balaban J connectivity index is 2.05. The molecule has 0 saturated heterocycles. The lowest BCUT2D eigenvalue weighted by Crippen LogP contribution is -2.00. The van der Waals surface area contributed by atoms with Gasteiger partial charge in [0.25, 0.3) is 0 Å². The summed E-state index contributed by atoms with van der Waals surface area (Å²) in [6.45, 7) is 3.01. The molecule has 2 aromatic rings.